The van der Waals surface area contributed by atoms with Gasteiger partial charge >= 0.3 is 0 Å². The minimum Gasteiger partial charge on any atom is -0.495 e. The lowest BCUT2D eigenvalue weighted by atomic mass is 9.80. The predicted octanol–water partition coefficient (Wildman–Crippen LogP) is 3.20. The second-order valence-electron chi connectivity index (χ2n) is 9.29. The van der Waals surface area contributed by atoms with E-state index in [1.54, 1.807) is 30.3 Å². The van der Waals surface area contributed by atoms with Gasteiger partial charge in [-0.3, -0.25) is 9.52 Å². The molecular weight excluding hydrogens is 442 g/mol. The molecule has 2 aliphatic heterocycles. The van der Waals surface area contributed by atoms with Gasteiger partial charge in [0.05, 0.1) is 30.5 Å². The molecule has 2 heterocycles. The third-order valence-electron chi connectivity index (χ3n) is 6.97. The zero-order valence-corrected chi connectivity index (χ0v) is 19.7. The van der Waals surface area contributed by atoms with Crippen LogP contribution in [0.4, 0.5) is 11.4 Å². The number of anilines is 2. The molecule has 1 amide bonds. The summed E-state index contributed by atoms with van der Waals surface area (Å²) in [5.41, 5.74) is 1.26. The molecule has 9 heteroatoms. The van der Waals surface area contributed by atoms with Gasteiger partial charge in [0, 0.05) is 25.1 Å². The molecule has 0 unspecified atom stereocenters. The summed E-state index contributed by atoms with van der Waals surface area (Å²) >= 11 is 0. The van der Waals surface area contributed by atoms with Gasteiger partial charge in [-0.05, 0) is 43.7 Å². The van der Waals surface area contributed by atoms with E-state index in [-0.39, 0.29) is 16.6 Å². The van der Waals surface area contributed by atoms with Crippen molar-refractivity contribution in [2.75, 3.05) is 43.9 Å². The highest BCUT2D eigenvalue weighted by Gasteiger charge is 2.49. The number of fused-ring (bicyclic) bond motifs is 2. The first-order valence-electron chi connectivity index (χ1n) is 11.3. The monoisotopic (exact) mass is 471 g/mol. The van der Waals surface area contributed by atoms with Crippen LogP contribution in [0.2, 0.25) is 0 Å². The Hall–Kier alpha value is -2.78. The third kappa shape index (κ3) is 3.83. The molecule has 1 aliphatic carbocycles. The van der Waals surface area contributed by atoms with Gasteiger partial charge in [0.25, 0.3) is 10.0 Å². The SMILES string of the molecule is COc1ccccc1S(=O)(=O)Nc1cc(OCC2CN(C)C2)c2c(c1)C1(CCCC1)C(=O)N2. The van der Waals surface area contributed by atoms with E-state index in [1.165, 1.54) is 13.2 Å². The van der Waals surface area contributed by atoms with Gasteiger partial charge in [-0.1, -0.05) is 25.0 Å². The Labute approximate surface area is 194 Å². The van der Waals surface area contributed by atoms with Crippen LogP contribution >= 0.6 is 0 Å². The van der Waals surface area contributed by atoms with E-state index in [0.29, 0.717) is 29.6 Å². The van der Waals surface area contributed by atoms with Gasteiger partial charge < -0.3 is 19.7 Å². The summed E-state index contributed by atoms with van der Waals surface area (Å²) in [6, 6.07) is 9.94. The van der Waals surface area contributed by atoms with Gasteiger partial charge in [0.1, 0.15) is 16.4 Å². The number of rotatable bonds is 7. The fourth-order valence-corrected chi connectivity index (χ4v) is 6.53. The van der Waals surface area contributed by atoms with Gasteiger partial charge in [0.15, 0.2) is 0 Å². The number of nitrogens with zero attached hydrogens (tertiary/aromatic N) is 1. The van der Waals surface area contributed by atoms with E-state index < -0.39 is 15.4 Å². The Morgan fingerprint density at radius 3 is 2.58 bits per heavy atom. The summed E-state index contributed by atoms with van der Waals surface area (Å²) in [5.74, 6) is 1.17. The standard InChI is InChI=1S/C24H29N3O5S/c1-27-13-16(14-27)15-32-20-12-17(26-33(29,30)21-8-4-3-7-19(21)31-2)11-18-22(20)25-23(28)24(18)9-5-6-10-24/h3-4,7-8,11-12,16,26H,5-6,9-10,13-15H2,1-2H3,(H,25,28). The smallest absolute Gasteiger partial charge is 0.265 e. The average molecular weight is 472 g/mol. The zero-order chi connectivity index (χ0) is 23.2. The van der Waals surface area contributed by atoms with Crippen LogP contribution in [0.5, 0.6) is 11.5 Å². The van der Waals surface area contributed by atoms with Crippen molar-refractivity contribution in [3.63, 3.8) is 0 Å². The largest absolute Gasteiger partial charge is 0.495 e. The van der Waals surface area contributed by atoms with Crippen LogP contribution in [-0.4, -0.2) is 53.1 Å². The lowest BCUT2D eigenvalue weighted by Gasteiger charge is -2.36. The highest BCUT2D eigenvalue weighted by molar-refractivity contribution is 7.92. The number of carbonyl (C=O) groups is 1. The number of nitrogens with one attached hydrogen (secondary N) is 2. The normalized spacial score (nSPS) is 19.8. The number of amides is 1. The minimum atomic E-state index is -3.91. The van der Waals surface area contributed by atoms with Crippen molar-refractivity contribution in [2.45, 2.75) is 36.0 Å². The molecule has 1 saturated carbocycles. The first kappa shape index (κ1) is 22.0. The fraction of sp³-hybridized carbons (Fsp3) is 0.458. The van der Waals surface area contributed by atoms with Crippen LogP contribution in [0, 0.1) is 5.92 Å². The van der Waals surface area contributed by atoms with E-state index in [2.05, 4.69) is 22.0 Å². The summed E-state index contributed by atoms with van der Waals surface area (Å²) in [7, 11) is -0.413. The predicted molar refractivity (Wildman–Crippen MR) is 126 cm³/mol. The van der Waals surface area contributed by atoms with Crippen molar-refractivity contribution in [3.05, 3.63) is 42.0 Å². The van der Waals surface area contributed by atoms with Crippen molar-refractivity contribution in [2.24, 2.45) is 5.92 Å². The molecule has 33 heavy (non-hydrogen) atoms. The molecule has 0 aromatic heterocycles. The number of hydrogen-bond donors (Lipinski definition) is 2. The number of ether oxygens (including phenoxy) is 2. The van der Waals surface area contributed by atoms with Gasteiger partial charge in [0.2, 0.25) is 5.91 Å². The van der Waals surface area contributed by atoms with Crippen LogP contribution in [0.3, 0.4) is 0 Å². The van der Waals surface area contributed by atoms with Gasteiger partial charge in [-0.2, -0.15) is 0 Å². The van der Waals surface area contributed by atoms with Crippen molar-refractivity contribution >= 4 is 27.3 Å². The number of carbonyl (C=O) groups excluding carboxylic acids is 1. The molecule has 0 bridgehead atoms. The molecule has 2 aromatic carbocycles. The number of para-hydroxylation sites is 1. The van der Waals surface area contributed by atoms with Crippen LogP contribution in [0.1, 0.15) is 31.2 Å². The summed E-state index contributed by atoms with van der Waals surface area (Å²) in [5, 5.41) is 3.04. The van der Waals surface area contributed by atoms with Crippen molar-refractivity contribution in [1.29, 1.82) is 0 Å². The molecule has 0 radical (unpaired) electrons. The molecule has 8 nitrogen and oxygen atoms in total. The molecule has 176 valence electrons. The van der Waals surface area contributed by atoms with Crippen molar-refractivity contribution in [3.8, 4) is 11.5 Å². The minimum absolute atomic E-state index is 0.0204. The van der Waals surface area contributed by atoms with E-state index in [4.69, 9.17) is 9.47 Å². The van der Waals surface area contributed by atoms with Gasteiger partial charge in [-0.25, -0.2) is 8.42 Å². The number of sulfonamides is 1. The maximum absolute atomic E-state index is 13.2. The Bertz CT molecular complexity index is 1180. The van der Waals surface area contributed by atoms with Crippen LogP contribution in [0.15, 0.2) is 41.3 Å². The Balaban J connectivity index is 1.52. The van der Waals surface area contributed by atoms with Crippen LogP contribution < -0.4 is 19.5 Å². The number of methoxy groups -OCH3 is 1. The quantitative estimate of drug-likeness (QED) is 0.644. The van der Waals surface area contributed by atoms with E-state index in [1.807, 2.05) is 0 Å². The Morgan fingerprint density at radius 2 is 1.88 bits per heavy atom. The first-order valence-corrected chi connectivity index (χ1v) is 12.8. The average Bonchev–Trinajstić information content (AvgIpc) is 3.37. The Kier molecular flexibility index (Phi) is 5.49. The molecule has 3 aliphatic rings. The maximum atomic E-state index is 13.2. The lowest BCUT2D eigenvalue weighted by Crippen LogP contribution is -2.46. The number of benzene rings is 2. The zero-order valence-electron chi connectivity index (χ0n) is 18.9. The summed E-state index contributed by atoms with van der Waals surface area (Å²) < 4.78 is 40.5. The molecule has 2 fully saturated rings. The van der Waals surface area contributed by atoms with E-state index in [0.717, 1.165) is 44.3 Å². The molecule has 1 spiro atoms. The number of likely N-dealkylation sites (tertiary alicyclic amines) is 1. The molecule has 0 atom stereocenters. The molecular formula is C24H29N3O5S. The van der Waals surface area contributed by atoms with E-state index >= 15 is 0 Å². The second-order valence-corrected chi connectivity index (χ2v) is 10.9. The molecule has 5 rings (SSSR count). The van der Waals surface area contributed by atoms with Crippen LogP contribution in [-0.2, 0) is 20.2 Å². The summed E-state index contributed by atoms with van der Waals surface area (Å²) in [6.07, 6.45) is 3.44. The third-order valence-corrected chi connectivity index (χ3v) is 8.39. The summed E-state index contributed by atoms with van der Waals surface area (Å²) in [4.78, 5) is 15.3. The second kappa shape index (κ2) is 8.22. The summed E-state index contributed by atoms with van der Waals surface area (Å²) in [6.45, 7) is 2.43. The maximum Gasteiger partial charge on any atom is 0.265 e. The van der Waals surface area contributed by atoms with E-state index in [9.17, 15) is 13.2 Å². The molecule has 2 N–H and O–H groups in total. The molecule has 1 saturated heterocycles. The first-order chi connectivity index (χ1) is 15.8. The van der Waals surface area contributed by atoms with Gasteiger partial charge in [-0.15, -0.1) is 0 Å². The van der Waals surface area contributed by atoms with Crippen molar-refractivity contribution in [1.82, 2.24) is 4.90 Å². The lowest BCUT2D eigenvalue weighted by molar-refractivity contribution is -0.120. The molecule has 2 aromatic rings. The fourth-order valence-electron chi connectivity index (χ4n) is 5.32. The highest BCUT2D eigenvalue weighted by atomic mass is 32.2. The Morgan fingerprint density at radius 1 is 1.15 bits per heavy atom. The van der Waals surface area contributed by atoms with Crippen LogP contribution in [0.25, 0.3) is 0 Å². The highest BCUT2D eigenvalue weighted by Crippen LogP contribution is 2.52. The number of hydrogen-bond acceptors (Lipinski definition) is 6. The topological polar surface area (TPSA) is 97.0 Å². The van der Waals surface area contributed by atoms with Crippen molar-refractivity contribution < 1.29 is 22.7 Å².